The molecule has 0 unspecified atom stereocenters. The van der Waals surface area contributed by atoms with Gasteiger partial charge in [-0.25, -0.2) is 0 Å². The van der Waals surface area contributed by atoms with Crippen LogP contribution in [0.3, 0.4) is 0 Å². The van der Waals surface area contributed by atoms with Gasteiger partial charge in [-0.2, -0.15) is 0 Å². The van der Waals surface area contributed by atoms with Crippen LogP contribution in [0, 0.1) is 6.92 Å². The van der Waals surface area contributed by atoms with Gasteiger partial charge in [0, 0.05) is 43.3 Å². The smallest absolute Gasteiger partial charge is 0.222 e. The maximum Gasteiger partial charge on any atom is 0.222 e. The first kappa shape index (κ1) is 22.3. The Morgan fingerprint density at radius 1 is 1.22 bits per heavy atom. The number of benzene rings is 1. The van der Waals surface area contributed by atoms with Crippen LogP contribution in [0.2, 0.25) is 5.02 Å². The molecule has 132 valence electrons. The summed E-state index contributed by atoms with van der Waals surface area (Å²) >= 11 is 6.09. The van der Waals surface area contributed by atoms with Gasteiger partial charge in [0.15, 0.2) is 0 Å². The predicted molar refractivity (Wildman–Crippen MR) is 103 cm³/mol. The predicted octanol–water partition coefficient (Wildman–Crippen LogP) is 3.14. The van der Waals surface area contributed by atoms with Gasteiger partial charge < -0.3 is 15.1 Å². The second-order valence-corrected chi connectivity index (χ2v) is 5.94. The summed E-state index contributed by atoms with van der Waals surface area (Å²) < 4.78 is 0. The van der Waals surface area contributed by atoms with Gasteiger partial charge in [0.2, 0.25) is 5.91 Å². The Morgan fingerprint density at radius 2 is 1.87 bits per heavy atom. The fourth-order valence-corrected chi connectivity index (χ4v) is 2.86. The zero-order valence-electron chi connectivity index (χ0n) is 13.7. The molecule has 1 aromatic rings. The molecular weight excluding hydrogens is 357 g/mol. The Morgan fingerprint density at radius 3 is 2.48 bits per heavy atom. The summed E-state index contributed by atoms with van der Waals surface area (Å²) in [6, 6.07) is 5.98. The van der Waals surface area contributed by atoms with Crippen molar-refractivity contribution in [1.82, 2.24) is 10.2 Å². The monoisotopic (exact) mass is 381 g/mol. The summed E-state index contributed by atoms with van der Waals surface area (Å²) in [5.41, 5.74) is 2.41. The quantitative estimate of drug-likeness (QED) is 0.795. The Bertz CT molecular complexity index is 491. The highest BCUT2D eigenvalue weighted by molar-refractivity contribution is 6.30. The highest BCUT2D eigenvalue weighted by Gasteiger charge is 2.21. The minimum absolute atomic E-state index is 0. The third-order valence-electron chi connectivity index (χ3n) is 3.96. The number of carbonyl (C=O) groups is 1. The Labute approximate surface area is 156 Å². The van der Waals surface area contributed by atoms with Gasteiger partial charge in [0.05, 0.1) is 0 Å². The SMILES string of the molecule is CNCCCC(=O)N1CCN(c2cc(Cl)ccc2C)CC1.Cl.Cl. The van der Waals surface area contributed by atoms with E-state index in [1.54, 1.807) is 0 Å². The average molecular weight is 383 g/mol. The number of hydrogen-bond acceptors (Lipinski definition) is 3. The number of aryl methyl sites for hydroxylation is 1. The fraction of sp³-hybridized carbons (Fsp3) is 0.562. The first-order valence-electron chi connectivity index (χ1n) is 7.55. The third-order valence-corrected chi connectivity index (χ3v) is 4.20. The van der Waals surface area contributed by atoms with Gasteiger partial charge in [-0.05, 0) is 44.6 Å². The third kappa shape index (κ3) is 6.38. The maximum atomic E-state index is 12.1. The van der Waals surface area contributed by atoms with Crippen LogP contribution in [0.1, 0.15) is 18.4 Å². The average Bonchev–Trinajstić information content (AvgIpc) is 2.50. The van der Waals surface area contributed by atoms with Crippen LogP contribution in [0.5, 0.6) is 0 Å². The molecule has 0 bridgehead atoms. The van der Waals surface area contributed by atoms with Crippen LogP contribution in [0.15, 0.2) is 18.2 Å². The molecule has 1 saturated heterocycles. The molecule has 2 rings (SSSR count). The Balaban J connectivity index is 0.00000242. The highest BCUT2D eigenvalue weighted by Crippen LogP contribution is 2.25. The van der Waals surface area contributed by atoms with Crippen molar-refractivity contribution in [3.05, 3.63) is 28.8 Å². The second kappa shape index (κ2) is 11.0. The van der Waals surface area contributed by atoms with Crippen LogP contribution >= 0.6 is 36.4 Å². The maximum absolute atomic E-state index is 12.1. The number of hydrogen-bond donors (Lipinski definition) is 1. The Hall–Kier alpha value is -0.680. The molecule has 1 heterocycles. The van der Waals surface area contributed by atoms with Gasteiger partial charge in [-0.3, -0.25) is 4.79 Å². The molecule has 23 heavy (non-hydrogen) atoms. The topological polar surface area (TPSA) is 35.6 Å². The van der Waals surface area contributed by atoms with E-state index in [-0.39, 0.29) is 30.7 Å². The molecule has 1 aromatic carbocycles. The van der Waals surface area contributed by atoms with Crippen molar-refractivity contribution in [2.75, 3.05) is 44.7 Å². The lowest BCUT2D eigenvalue weighted by molar-refractivity contribution is -0.131. The van der Waals surface area contributed by atoms with Gasteiger partial charge in [0.1, 0.15) is 0 Å². The van der Waals surface area contributed by atoms with Gasteiger partial charge in [0.25, 0.3) is 0 Å². The summed E-state index contributed by atoms with van der Waals surface area (Å²) in [5, 5.41) is 3.84. The van der Waals surface area contributed by atoms with E-state index in [9.17, 15) is 4.79 Å². The van der Waals surface area contributed by atoms with E-state index in [0.29, 0.717) is 6.42 Å². The van der Waals surface area contributed by atoms with Crippen molar-refractivity contribution in [2.24, 2.45) is 0 Å². The second-order valence-electron chi connectivity index (χ2n) is 5.51. The summed E-state index contributed by atoms with van der Waals surface area (Å²) in [5.74, 6) is 0.271. The molecule has 0 radical (unpaired) electrons. The lowest BCUT2D eigenvalue weighted by Crippen LogP contribution is -2.49. The van der Waals surface area contributed by atoms with Gasteiger partial charge in [-0.1, -0.05) is 17.7 Å². The van der Waals surface area contributed by atoms with Crippen LogP contribution < -0.4 is 10.2 Å². The van der Waals surface area contributed by atoms with Crippen molar-refractivity contribution >= 4 is 48.0 Å². The number of amides is 1. The zero-order valence-corrected chi connectivity index (χ0v) is 16.1. The molecule has 0 spiro atoms. The van der Waals surface area contributed by atoms with E-state index in [1.165, 1.54) is 11.3 Å². The molecule has 1 aliphatic rings. The molecule has 7 heteroatoms. The first-order chi connectivity index (χ1) is 10.1. The number of carbonyl (C=O) groups excluding carboxylic acids is 1. The van der Waals surface area contributed by atoms with Crippen LogP contribution in [0.25, 0.3) is 0 Å². The van der Waals surface area contributed by atoms with Crippen molar-refractivity contribution in [3.8, 4) is 0 Å². The first-order valence-corrected chi connectivity index (χ1v) is 7.93. The summed E-state index contributed by atoms with van der Waals surface area (Å²) in [7, 11) is 1.91. The normalized spacial score (nSPS) is 14.0. The molecule has 1 amide bonds. The molecule has 0 aromatic heterocycles. The molecule has 0 atom stereocenters. The van der Waals surface area contributed by atoms with E-state index in [0.717, 1.165) is 44.2 Å². The van der Waals surface area contributed by atoms with Gasteiger partial charge in [-0.15, -0.1) is 24.8 Å². The van der Waals surface area contributed by atoms with Crippen LogP contribution in [0.4, 0.5) is 5.69 Å². The lowest BCUT2D eigenvalue weighted by Gasteiger charge is -2.37. The molecular formula is C16H26Cl3N3O. The number of nitrogens with one attached hydrogen (secondary N) is 1. The highest BCUT2D eigenvalue weighted by atomic mass is 35.5. The summed E-state index contributed by atoms with van der Waals surface area (Å²) in [6.45, 7) is 6.33. The zero-order chi connectivity index (χ0) is 15.2. The van der Waals surface area contributed by atoms with Crippen molar-refractivity contribution < 1.29 is 4.79 Å². The van der Waals surface area contributed by atoms with Crippen LogP contribution in [-0.4, -0.2) is 50.6 Å². The molecule has 0 aliphatic carbocycles. The summed E-state index contributed by atoms with van der Waals surface area (Å²) in [6.07, 6.45) is 1.54. The standard InChI is InChI=1S/C16H24ClN3O.2ClH/c1-13-5-6-14(17)12-15(13)19-8-10-20(11-9-19)16(21)4-3-7-18-2;;/h5-6,12,18H,3-4,7-11H2,1-2H3;2*1H. The van der Waals surface area contributed by atoms with Crippen molar-refractivity contribution in [1.29, 1.82) is 0 Å². The largest absolute Gasteiger partial charge is 0.368 e. The molecule has 0 saturated carbocycles. The van der Waals surface area contributed by atoms with Crippen molar-refractivity contribution in [3.63, 3.8) is 0 Å². The molecule has 1 aliphatic heterocycles. The van der Waals surface area contributed by atoms with E-state index >= 15 is 0 Å². The van der Waals surface area contributed by atoms with Crippen molar-refractivity contribution in [2.45, 2.75) is 19.8 Å². The summed E-state index contributed by atoms with van der Waals surface area (Å²) in [4.78, 5) is 16.4. The van der Waals surface area contributed by atoms with E-state index in [1.807, 2.05) is 30.1 Å². The Kier molecular flexibility index (Phi) is 10.7. The van der Waals surface area contributed by atoms with Gasteiger partial charge >= 0.3 is 0 Å². The molecule has 1 N–H and O–H groups in total. The van der Waals surface area contributed by atoms with Crippen LogP contribution in [-0.2, 0) is 4.79 Å². The molecule has 4 nitrogen and oxygen atoms in total. The minimum atomic E-state index is 0. The number of nitrogens with zero attached hydrogens (tertiary/aromatic N) is 2. The number of piperazine rings is 1. The minimum Gasteiger partial charge on any atom is -0.368 e. The van der Waals surface area contributed by atoms with E-state index in [4.69, 9.17) is 11.6 Å². The molecule has 1 fully saturated rings. The lowest BCUT2D eigenvalue weighted by atomic mass is 10.1. The van der Waals surface area contributed by atoms with E-state index in [2.05, 4.69) is 17.1 Å². The van der Waals surface area contributed by atoms with E-state index < -0.39 is 0 Å². The number of halogens is 3. The number of rotatable bonds is 5. The fourth-order valence-electron chi connectivity index (χ4n) is 2.69. The number of anilines is 1.